The molecule has 102 valence electrons. The average molecular weight is 289 g/mol. The predicted octanol–water partition coefficient (Wildman–Crippen LogP) is 0.805. The van der Waals surface area contributed by atoms with Crippen molar-refractivity contribution in [1.29, 1.82) is 0 Å². The number of carbonyl (C=O) groups is 2. The van der Waals surface area contributed by atoms with Gasteiger partial charge in [0, 0.05) is 12.0 Å². The van der Waals surface area contributed by atoms with Gasteiger partial charge in [-0.2, -0.15) is 0 Å². The average Bonchev–Trinajstić information content (AvgIpc) is 2.35. The Bertz CT molecular complexity index is 855. The number of carbonyl (C=O) groups excluding carboxylic acids is 2. The van der Waals surface area contributed by atoms with Crippen LogP contribution in [0, 0.1) is 0 Å². The van der Waals surface area contributed by atoms with Crippen LogP contribution in [0.15, 0.2) is 36.4 Å². The molecule has 2 N–H and O–H groups in total. The van der Waals surface area contributed by atoms with E-state index < -0.39 is 26.8 Å². The van der Waals surface area contributed by atoms with Gasteiger partial charge in [0.05, 0.1) is 0 Å². The lowest BCUT2D eigenvalue weighted by Crippen LogP contribution is -2.45. The second-order valence-corrected chi connectivity index (χ2v) is 6.48. The van der Waals surface area contributed by atoms with Crippen molar-refractivity contribution in [1.82, 2.24) is 0 Å². The Morgan fingerprint density at radius 2 is 1.65 bits per heavy atom. The highest BCUT2D eigenvalue weighted by Crippen LogP contribution is 2.27. The number of nitrogens with two attached hydrogens (primary N) is 1. The van der Waals surface area contributed by atoms with Crippen LogP contribution < -0.4 is 5.14 Å². The van der Waals surface area contributed by atoms with Crippen LogP contribution in [-0.4, -0.2) is 25.2 Å². The van der Waals surface area contributed by atoms with Gasteiger partial charge in [-0.15, -0.1) is 0 Å². The number of fused-ring (bicyclic) bond motifs is 2. The van der Waals surface area contributed by atoms with E-state index in [0.29, 0.717) is 5.56 Å². The number of hydrogen-bond acceptors (Lipinski definition) is 4. The smallest absolute Gasteiger partial charge is 0.226 e. The summed E-state index contributed by atoms with van der Waals surface area (Å²) in [7, 11) is -4.22. The molecule has 0 saturated carbocycles. The summed E-state index contributed by atoms with van der Waals surface area (Å²) in [5.74, 6) is -1.40. The molecule has 3 rings (SSSR count). The van der Waals surface area contributed by atoms with Gasteiger partial charge < -0.3 is 0 Å². The maximum absolute atomic E-state index is 12.2. The Kier molecular flexibility index (Phi) is 2.74. The van der Waals surface area contributed by atoms with Gasteiger partial charge in [-0.05, 0) is 28.5 Å². The summed E-state index contributed by atoms with van der Waals surface area (Å²) in [5, 5.41) is 4.95. The molecule has 0 fully saturated rings. The summed E-state index contributed by atoms with van der Waals surface area (Å²) >= 11 is 0. The molecule has 1 unspecified atom stereocenters. The normalized spacial score (nSPS) is 19.1. The molecular formula is C14H11NO4S. The minimum Gasteiger partial charge on any atom is -0.297 e. The quantitative estimate of drug-likeness (QED) is 0.786. The molecule has 0 saturated heterocycles. The first-order chi connectivity index (χ1) is 9.38. The number of sulfonamides is 1. The van der Waals surface area contributed by atoms with Crippen LogP contribution in [0.5, 0.6) is 0 Å². The minimum atomic E-state index is -4.22. The van der Waals surface area contributed by atoms with Gasteiger partial charge >= 0.3 is 0 Å². The molecule has 0 spiro atoms. The summed E-state index contributed by atoms with van der Waals surface area (Å²) in [6.45, 7) is 0. The first-order valence-electron chi connectivity index (χ1n) is 5.98. The lowest BCUT2D eigenvalue weighted by molar-refractivity contribution is -0.117. The van der Waals surface area contributed by atoms with Crippen LogP contribution in [0.25, 0.3) is 10.8 Å². The van der Waals surface area contributed by atoms with E-state index in [1.54, 1.807) is 12.1 Å². The van der Waals surface area contributed by atoms with Crippen molar-refractivity contribution in [3.05, 3.63) is 47.5 Å². The summed E-state index contributed by atoms with van der Waals surface area (Å²) in [6.07, 6.45) is -0.0903. The minimum absolute atomic E-state index is 0.0903. The lowest BCUT2D eigenvalue weighted by Gasteiger charge is -2.21. The summed E-state index contributed by atoms with van der Waals surface area (Å²) in [6, 6.07) is 10.7. The van der Waals surface area contributed by atoms with Crippen LogP contribution in [0.2, 0.25) is 0 Å². The molecule has 0 bridgehead atoms. The van der Waals surface area contributed by atoms with Gasteiger partial charge in [0.1, 0.15) is 0 Å². The molecule has 0 heterocycles. The molecule has 2 aromatic carbocycles. The van der Waals surface area contributed by atoms with Crippen LogP contribution in [0.1, 0.15) is 15.9 Å². The zero-order chi connectivity index (χ0) is 14.5. The highest BCUT2D eigenvalue weighted by molar-refractivity contribution is 7.91. The molecule has 0 amide bonds. The standard InChI is InChI=1S/C14H11NO4S/c15-20(18,19)14-12(16)7-10-5-8-3-1-2-4-9(8)6-11(10)13(14)17/h1-6,14H,7H2,(H2,15,18,19). The Morgan fingerprint density at radius 1 is 1.05 bits per heavy atom. The molecule has 0 aliphatic heterocycles. The SMILES string of the molecule is NS(=O)(=O)C1C(=O)Cc2cc3ccccc3cc2C1=O. The summed E-state index contributed by atoms with van der Waals surface area (Å²) in [4.78, 5) is 24.1. The number of benzene rings is 2. The zero-order valence-electron chi connectivity index (χ0n) is 10.4. The molecule has 1 atom stereocenters. The van der Waals surface area contributed by atoms with Gasteiger partial charge in [-0.3, -0.25) is 9.59 Å². The zero-order valence-corrected chi connectivity index (χ0v) is 11.2. The largest absolute Gasteiger partial charge is 0.297 e. The van der Waals surface area contributed by atoms with Crippen molar-refractivity contribution in [3.8, 4) is 0 Å². The molecule has 0 radical (unpaired) electrons. The first kappa shape index (κ1) is 13.0. The van der Waals surface area contributed by atoms with Crippen molar-refractivity contribution < 1.29 is 18.0 Å². The first-order valence-corrected chi connectivity index (χ1v) is 7.59. The fourth-order valence-electron chi connectivity index (χ4n) is 2.56. The molecule has 1 aliphatic rings. The summed E-state index contributed by atoms with van der Waals surface area (Å²) < 4.78 is 22.8. The fraction of sp³-hybridized carbons (Fsp3) is 0.143. The number of rotatable bonds is 1. The van der Waals surface area contributed by atoms with Gasteiger partial charge in [0.25, 0.3) is 0 Å². The van der Waals surface area contributed by atoms with Crippen LogP contribution >= 0.6 is 0 Å². The van der Waals surface area contributed by atoms with Crippen molar-refractivity contribution >= 4 is 32.4 Å². The van der Waals surface area contributed by atoms with Gasteiger partial charge in [0.2, 0.25) is 10.0 Å². The Morgan fingerprint density at radius 3 is 2.25 bits per heavy atom. The van der Waals surface area contributed by atoms with Crippen molar-refractivity contribution in [2.45, 2.75) is 11.7 Å². The number of primary sulfonamides is 1. The third kappa shape index (κ3) is 1.93. The van der Waals surface area contributed by atoms with E-state index >= 15 is 0 Å². The second kappa shape index (κ2) is 4.22. The fourth-order valence-corrected chi connectivity index (χ4v) is 3.44. The van der Waals surface area contributed by atoms with E-state index in [9.17, 15) is 18.0 Å². The highest BCUT2D eigenvalue weighted by atomic mass is 32.2. The molecule has 2 aromatic rings. The Hall–Kier alpha value is -2.05. The maximum Gasteiger partial charge on any atom is 0.226 e. The number of hydrogen-bond donors (Lipinski definition) is 1. The Balaban J connectivity index is 2.25. The van der Waals surface area contributed by atoms with Crippen molar-refractivity contribution in [2.24, 2.45) is 5.14 Å². The van der Waals surface area contributed by atoms with Gasteiger partial charge in [-0.1, -0.05) is 24.3 Å². The number of ketones is 2. The molecule has 6 heteroatoms. The van der Waals surface area contributed by atoms with Crippen molar-refractivity contribution in [3.63, 3.8) is 0 Å². The van der Waals surface area contributed by atoms with E-state index in [1.165, 1.54) is 0 Å². The molecule has 20 heavy (non-hydrogen) atoms. The third-order valence-corrected chi connectivity index (χ3v) is 4.59. The predicted molar refractivity (Wildman–Crippen MR) is 73.9 cm³/mol. The summed E-state index contributed by atoms with van der Waals surface area (Å²) in [5.41, 5.74) is 0.820. The second-order valence-electron chi connectivity index (χ2n) is 4.83. The van der Waals surface area contributed by atoms with E-state index in [-0.39, 0.29) is 12.0 Å². The number of Topliss-reactive ketones (excluding diaryl/α,β-unsaturated/α-hetero) is 2. The van der Waals surface area contributed by atoms with E-state index in [0.717, 1.165) is 10.8 Å². The molecule has 0 aromatic heterocycles. The molecule has 1 aliphatic carbocycles. The Labute approximate surface area is 115 Å². The van der Waals surface area contributed by atoms with Crippen LogP contribution in [0.4, 0.5) is 0 Å². The lowest BCUT2D eigenvalue weighted by atomic mass is 9.87. The molecular weight excluding hydrogens is 278 g/mol. The van der Waals surface area contributed by atoms with Crippen LogP contribution in [-0.2, 0) is 21.2 Å². The van der Waals surface area contributed by atoms with Gasteiger partial charge in [-0.25, -0.2) is 13.6 Å². The molecule has 5 nitrogen and oxygen atoms in total. The van der Waals surface area contributed by atoms with Gasteiger partial charge in [0.15, 0.2) is 16.8 Å². The maximum atomic E-state index is 12.2. The topological polar surface area (TPSA) is 94.3 Å². The highest BCUT2D eigenvalue weighted by Gasteiger charge is 2.41. The van der Waals surface area contributed by atoms with E-state index in [2.05, 4.69) is 0 Å². The monoisotopic (exact) mass is 289 g/mol. The van der Waals surface area contributed by atoms with Crippen LogP contribution in [0.3, 0.4) is 0 Å². The van der Waals surface area contributed by atoms with E-state index in [1.807, 2.05) is 24.3 Å². The van der Waals surface area contributed by atoms with E-state index in [4.69, 9.17) is 5.14 Å². The van der Waals surface area contributed by atoms with Crippen molar-refractivity contribution in [2.75, 3.05) is 0 Å². The third-order valence-electron chi connectivity index (χ3n) is 3.46.